The number of carbonyl (C=O) groups excluding carboxylic acids is 2. The third-order valence-corrected chi connectivity index (χ3v) is 3.62. The summed E-state index contributed by atoms with van der Waals surface area (Å²) in [5.74, 6) is -1.29. The highest BCUT2D eigenvalue weighted by Gasteiger charge is 2.14. The Morgan fingerprint density at radius 1 is 1.21 bits per heavy atom. The van der Waals surface area contributed by atoms with E-state index in [1.807, 2.05) is 0 Å². The first kappa shape index (κ1) is 20.2. The van der Waals surface area contributed by atoms with Gasteiger partial charge in [-0.1, -0.05) is 23.2 Å². The third kappa shape index (κ3) is 4.37. The van der Waals surface area contributed by atoms with E-state index in [0.29, 0.717) is 16.1 Å². The van der Waals surface area contributed by atoms with E-state index in [4.69, 9.17) is 39.1 Å². The van der Waals surface area contributed by atoms with Crippen molar-refractivity contribution in [2.24, 2.45) is 5.73 Å². The Labute approximate surface area is 158 Å². The number of hydrogen-bond donors (Lipinski definition) is 2. The van der Waals surface area contributed by atoms with Gasteiger partial charge in [-0.15, -0.1) is 17.0 Å². The van der Waals surface area contributed by atoms with E-state index in [-0.39, 0.29) is 39.6 Å². The summed E-state index contributed by atoms with van der Waals surface area (Å²) in [7, 11) is 1.27. The van der Waals surface area contributed by atoms with E-state index in [9.17, 15) is 9.59 Å². The first-order valence-electron chi connectivity index (χ1n) is 6.44. The van der Waals surface area contributed by atoms with E-state index in [0.717, 1.165) is 0 Å². The zero-order valence-electron chi connectivity index (χ0n) is 12.5. The molecule has 1 amide bonds. The van der Waals surface area contributed by atoms with Gasteiger partial charge >= 0.3 is 5.97 Å². The van der Waals surface area contributed by atoms with Crippen LogP contribution in [0.1, 0.15) is 26.3 Å². The highest BCUT2D eigenvalue weighted by Crippen LogP contribution is 2.18. The van der Waals surface area contributed by atoms with Crippen molar-refractivity contribution in [3.8, 4) is 0 Å². The van der Waals surface area contributed by atoms with Gasteiger partial charge in [0.05, 0.1) is 23.3 Å². The number of nitrogens with one attached hydrogen (secondary N) is 1. The monoisotopic (exact) mass is 433 g/mol. The maximum absolute atomic E-state index is 11.8. The molecule has 0 spiro atoms. The van der Waals surface area contributed by atoms with Gasteiger partial charge < -0.3 is 15.0 Å². The van der Waals surface area contributed by atoms with Crippen molar-refractivity contribution in [3.05, 3.63) is 62.7 Å². The lowest BCUT2D eigenvalue weighted by Gasteiger charge is -2.13. The second-order valence-corrected chi connectivity index (χ2v) is 5.58. The molecule has 9 heteroatoms. The Morgan fingerprint density at radius 3 is 2.46 bits per heavy atom. The number of amides is 1. The van der Waals surface area contributed by atoms with Crippen LogP contribution in [0.2, 0.25) is 10.0 Å². The molecule has 0 atom stereocenters. The molecule has 0 aliphatic carbocycles. The zero-order valence-corrected chi connectivity index (χ0v) is 15.7. The lowest BCUT2D eigenvalue weighted by atomic mass is 10.1. The van der Waals surface area contributed by atoms with Crippen LogP contribution in [0.15, 0.2) is 30.5 Å². The Balaban J connectivity index is 0.00000288. The van der Waals surface area contributed by atoms with Crippen molar-refractivity contribution in [2.75, 3.05) is 7.11 Å². The molecule has 6 nitrogen and oxygen atoms in total. The molecular weight excluding hydrogens is 421 g/mol. The summed E-state index contributed by atoms with van der Waals surface area (Å²) in [5.41, 5.74) is 5.95. The number of benzene rings is 1. The van der Waals surface area contributed by atoms with Gasteiger partial charge in [-0.2, -0.15) is 0 Å². The Bertz CT molecular complexity index is 852. The van der Waals surface area contributed by atoms with Crippen LogP contribution in [0.4, 0.5) is 0 Å². The predicted octanol–water partition coefficient (Wildman–Crippen LogP) is 2.79. The lowest BCUT2D eigenvalue weighted by Crippen LogP contribution is -2.30. The van der Waals surface area contributed by atoms with Gasteiger partial charge in [-0.25, -0.2) is 4.79 Å². The zero-order chi connectivity index (χ0) is 17.1. The van der Waals surface area contributed by atoms with Crippen molar-refractivity contribution < 1.29 is 14.3 Å². The minimum absolute atomic E-state index is 0. The van der Waals surface area contributed by atoms with Crippen LogP contribution < -0.4 is 11.2 Å². The molecule has 0 bridgehead atoms. The number of nitrogens with two attached hydrogens (primary N) is 1. The number of hydrogen-bond acceptors (Lipinski definition) is 4. The molecule has 0 radical (unpaired) electrons. The van der Waals surface area contributed by atoms with Gasteiger partial charge in [0.2, 0.25) is 0 Å². The third-order valence-electron chi connectivity index (χ3n) is 3.18. The average molecular weight is 435 g/mol. The van der Waals surface area contributed by atoms with E-state index in [1.54, 1.807) is 12.1 Å². The summed E-state index contributed by atoms with van der Waals surface area (Å²) >= 11 is 11.9. The largest absolute Gasteiger partial charge is 0.465 e. The van der Waals surface area contributed by atoms with Crippen molar-refractivity contribution in [3.63, 3.8) is 0 Å². The topological polar surface area (TPSA) is 98.2 Å². The molecule has 2 rings (SSSR count). The van der Waals surface area contributed by atoms with Gasteiger partial charge in [-0.3, -0.25) is 10.2 Å². The average Bonchev–Trinajstić information content (AvgIpc) is 2.49. The fourth-order valence-electron chi connectivity index (χ4n) is 2.11. The number of rotatable bonds is 4. The number of aromatic nitrogens is 1. The van der Waals surface area contributed by atoms with Crippen LogP contribution in [0.5, 0.6) is 0 Å². The maximum Gasteiger partial charge on any atom is 0.338 e. The summed E-state index contributed by atoms with van der Waals surface area (Å²) in [4.78, 5) is 23.2. The highest BCUT2D eigenvalue weighted by atomic mass is 79.9. The lowest BCUT2D eigenvalue weighted by molar-refractivity contribution is 0.0599. The number of carbonyl (C=O) groups is 2. The number of esters is 1. The summed E-state index contributed by atoms with van der Waals surface area (Å²) in [6, 6.07) is 6.01. The van der Waals surface area contributed by atoms with Gasteiger partial charge in [0.25, 0.3) is 5.91 Å². The van der Waals surface area contributed by atoms with E-state index < -0.39 is 11.9 Å². The van der Waals surface area contributed by atoms with E-state index in [2.05, 4.69) is 0 Å². The second kappa shape index (κ2) is 8.32. The SMILES string of the molecule is Br.COC(=O)c1ccc(Cl)cc1Cn1cc(Cl)cc(C(N)=O)c1=N. The van der Waals surface area contributed by atoms with Crippen molar-refractivity contribution in [2.45, 2.75) is 6.54 Å². The molecule has 2 aromatic rings. The highest BCUT2D eigenvalue weighted by molar-refractivity contribution is 8.93. The van der Waals surface area contributed by atoms with Crippen LogP contribution in [0.3, 0.4) is 0 Å². The number of nitrogens with zero attached hydrogens (tertiary/aromatic N) is 1. The first-order chi connectivity index (χ1) is 10.8. The summed E-state index contributed by atoms with van der Waals surface area (Å²) in [6.07, 6.45) is 1.47. The summed E-state index contributed by atoms with van der Waals surface area (Å²) in [6.45, 7) is 0.102. The van der Waals surface area contributed by atoms with Crippen LogP contribution >= 0.6 is 40.2 Å². The molecule has 3 N–H and O–H groups in total. The van der Waals surface area contributed by atoms with Crippen molar-refractivity contribution in [1.82, 2.24) is 4.57 Å². The van der Waals surface area contributed by atoms with E-state index in [1.165, 1.54) is 30.0 Å². The van der Waals surface area contributed by atoms with Crippen LogP contribution in [0.25, 0.3) is 0 Å². The smallest absolute Gasteiger partial charge is 0.338 e. The molecule has 0 aliphatic heterocycles. The van der Waals surface area contributed by atoms with Gasteiger partial charge in [0.15, 0.2) is 0 Å². The number of methoxy groups -OCH3 is 1. The molecule has 0 saturated carbocycles. The molecule has 24 heavy (non-hydrogen) atoms. The van der Waals surface area contributed by atoms with Gasteiger partial charge in [0, 0.05) is 17.8 Å². The van der Waals surface area contributed by atoms with Crippen molar-refractivity contribution in [1.29, 1.82) is 5.41 Å². The Morgan fingerprint density at radius 2 is 1.88 bits per heavy atom. The normalized spacial score (nSPS) is 9.96. The van der Waals surface area contributed by atoms with Crippen LogP contribution in [-0.2, 0) is 11.3 Å². The summed E-state index contributed by atoms with van der Waals surface area (Å²) < 4.78 is 6.14. The quantitative estimate of drug-likeness (QED) is 0.723. The molecule has 0 fully saturated rings. The molecule has 1 aromatic heterocycles. The fourth-order valence-corrected chi connectivity index (χ4v) is 2.53. The predicted molar refractivity (Wildman–Crippen MR) is 96.0 cm³/mol. The fraction of sp³-hybridized carbons (Fsp3) is 0.133. The minimum Gasteiger partial charge on any atom is -0.465 e. The van der Waals surface area contributed by atoms with Crippen molar-refractivity contribution >= 4 is 52.1 Å². The molecule has 128 valence electrons. The summed E-state index contributed by atoms with van der Waals surface area (Å²) in [5, 5.41) is 8.73. The standard InChI is InChI=1S/C15H13Cl2N3O3.BrH/c1-23-15(22)11-3-2-9(16)4-8(11)6-20-7-10(17)5-12(13(20)18)14(19)21;/h2-5,7,18H,6H2,1H3,(H2,19,21);1H. The number of ether oxygens (including phenoxy) is 1. The molecule has 0 unspecified atom stereocenters. The molecule has 0 saturated heterocycles. The molecule has 0 aliphatic rings. The first-order valence-corrected chi connectivity index (χ1v) is 7.20. The number of primary amides is 1. The molecular formula is C15H14BrCl2N3O3. The minimum atomic E-state index is -0.759. The molecule has 1 aromatic carbocycles. The van der Waals surface area contributed by atoms with Crippen LogP contribution in [0, 0.1) is 5.41 Å². The van der Waals surface area contributed by atoms with Gasteiger partial charge in [-0.05, 0) is 29.8 Å². The number of halogens is 3. The Hall–Kier alpha value is -1.83. The second-order valence-electron chi connectivity index (χ2n) is 4.71. The number of pyridine rings is 1. The van der Waals surface area contributed by atoms with Crippen LogP contribution in [-0.4, -0.2) is 23.6 Å². The molecule has 1 heterocycles. The maximum atomic E-state index is 11.8. The van der Waals surface area contributed by atoms with E-state index >= 15 is 0 Å². The Kier molecular flexibility index (Phi) is 7.01. The van der Waals surface area contributed by atoms with Gasteiger partial charge in [0.1, 0.15) is 5.49 Å².